The van der Waals surface area contributed by atoms with Crippen molar-refractivity contribution in [2.75, 3.05) is 6.54 Å². The number of aryl methyl sites for hydroxylation is 1. The Balaban J connectivity index is 1.75. The van der Waals surface area contributed by atoms with Crippen molar-refractivity contribution in [2.45, 2.75) is 26.3 Å². The molecule has 2 aromatic rings. The van der Waals surface area contributed by atoms with Gasteiger partial charge in [-0.05, 0) is 44.4 Å². The van der Waals surface area contributed by atoms with Crippen LogP contribution in [0.4, 0.5) is 4.39 Å². The third-order valence-electron chi connectivity index (χ3n) is 3.38. The maximum absolute atomic E-state index is 13.8. The average Bonchev–Trinajstić information content (AvgIpc) is 3.14. The van der Waals surface area contributed by atoms with E-state index in [2.05, 4.69) is 10.3 Å². The minimum Gasteiger partial charge on any atom is -0.310 e. The molecule has 0 bridgehead atoms. The molecule has 1 fully saturated rings. The summed E-state index contributed by atoms with van der Waals surface area (Å²) >= 11 is 1.65. The largest absolute Gasteiger partial charge is 0.310 e. The number of nitrogens with zero attached hydrogens (tertiary/aromatic N) is 1. The second-order valence-electron chi connectivity index (χ2n) is 5.07. The van der Waals surface area contributed by atoms with E-state index < -0.39 is 0 Å². The summed E-state index contributed by atoms with van der Waals surface area (Å²) < 4.78 is 13.8. The van der Waals surface area contributed by atoms with Crippen LogP contribution in [0.5, 0.6) is 0 Å². The van der Waals surface area contributed by atoms with Crippen molar-refractivity contribution >= 4 is 11.3 Å². The van der Waals surface area contributed by atoms with Crippen LogP contribution in [0.25, 0.3) is 11.3 Å². The first kappa shape index (κ1) is 12.8. The van der Waals surface area contributed by atoms with Gasteiger partial charge in [0.05, 0.1) is 5.69 Å². The van der Waals surface area contributed by atoms with Gasteiger partial charge in [-0.3, -0.25) is 0 Å². The molecule has 0 amide bonds. The second-order valence-corrected chi connectivity index (χ2v) is 6.35. The summed E-state index contributed by atoms with van der Waals surface area (Å²) in [6, 6.07) is 6.83. The van der Waals surface area contributed by atoms with Crippen LogP contribution in [-0.4, -0.2) is 11.5 Å². The van der Waals surface area contributed by atoms with Gasteiger partial charge in [-0.1, -0.05) is 12.1 Å². The summed E-state index contributed by atoms with van der Waals surface area (Å²) in [5.74, 6) is 0.667. The molecule has 0 spiro atoms. The predicted molar refractivity (Wildman–Crippen MR) is 76.7 cm³/mol. The molecule has 0 saturated heterocycles. The fourth-order valence-electron chi connectivity index (χ4n) is 2.14. The number of nitrogens with one attached hydrogen (secondary N) is 1. The Labute approximate surface area is 116 Å². The van der Waals surface area contributed by atoms with Crippen LogP contribution >= 0.6 is 11.3 Å². The normalized spacial score (nSPS) is 14.8. The topological polar surface area (TPSA) is 24.9 Å². The fraction of sp³-hybridized carbons (Fsp3) is 0.400. The molecule has 0 unspecified atom stereocenters. The molecular formula is C15H17FN2S. The number of hydrogen-bond acceptors (Lipinski definition) is 3. The molecule has 0 atom stereocenters. The van der Waals surface area contributed by atoms with Gasteiger partial charge >= 0.3 is 0 Å². The number of halogens is 1. The van der Waals surface area contributed by atoms with Crippen molar-refractivity contribution in [2.24, 2.45) is 5.92 Å². The first-order valence-electron chi connectivity index (χ1n) is 6.66. The summed E-state index contributed by atoms with van der Waals surface area (Å²) in [5, 5.41) is 4.46. The van der Waals surface area contributed by atoms with E-state index in [9.17, 15) is 4.39 Å². The highest BCUT2D eigenvalue weighted by Gasteiger charge is 2.20. The van der Waals surface area contributed by atoms with Gasteiger partial charge in [0.1, 0.15) is 10.8 Å². The third kappa shape index (κ3) is 3.01. The molecule has 4 heteroatoms. The Morgan fingerprint density at radius 2 is 2.16 bits per heavy atom. The Kier molecular flexibility index (Phi) is 3.62. The molecule has 100 valence electrons. The smallest absolute Gasteiger partial charge is 0.132 e. The number of benzene rings is 1. The highest BCUT2D eigenvalue weighted by atomic mass is 32.1. The predicted octanol–water partition coefficient (Wildman–Crippen LogP) is 3.76. The van der Waals surface area contributed by atoms with E-state index in [4.69, 9.17) is 0 Å². The number of rotatable bonds is 5. The van der Waals surface area contributed by atoms with Crippen molar-refractivity contribution in [1.29, 1.82) is 0 Å². The van der Waals surface area contributed by atoms with Crippen LogP contribution in [-0.2, 0) is 6.54 Å². The van der Waals surface area contributed by atoms with E-state index in [-0.39, 0.29) is 5.82 Å². The number of aromatic nitrogens is 1. The van der Waals surface area contributed by atoms with E-state index in [1.807, 2.05) is 13.0 Å². The summed E-state index contributed by atoms with van der Waals surface area (Å²) in [4.78, 5) is 5.65. The summed E-state index contributed by atoms with van der Waals surface area (Å²) in [6.45, 7) is 3.87. The van der Waals surface area contributed by atoms with E-state index in [1.165, 1.54) is 18.9 Å². The number of hydrogen-bond donors (Lipinski definition) is 1. The van der Waals surface area contributed by atoms with Gasteiger partial charge in [-0.25, -0.2) is 9.37 Å². The molecule has 1 saturated carbocycles. The summed E-state index contributed by atoms with van der Waals surface area (Å²) in [6.07, 6.45) is 2.70. The zero-order valence-electron chi connectivity index (χ0n) is 10.9. The van der Waals surface area contributed by atoms with Crippen LogP contribution in [0.2, 0.25) is 0 Å². The van der Waals surface area contributed by atoms with Gasteiger partial charge in [0, 0.05) is 17.0 Å². The lowest BCUT2D eigenvalue weighted by atomic mass is 10.1. The molecule has 1 aromatic carbocycles. The first-order valence-corrected chi connectivity index (χ1v) is 7.47. The standard InChI is InChI=1S/C15H17FN2S/c1-10-15(12-4-2-3-5-13(12)16)18-14(19-10)9-17-8-11-6-7-11/h2-5,11,17H,6-9H2,1H3. The Morgan fingerprint density at radius 3 is 2.89 bits per heavy atom. The van der Waals surface area contributed by atoms with Crippen molar-refractivity contribution in [3.05, 3.63) is 40.0 Å². The van der Waals surface area contributed by atoms with E-state index in [0.717, 1.165) is 34.6 Å². The van der Waals surface area contributed by atoms with Crippen LogP contribution in [0.3, 0.4) is 0 Å². The number of thiazole rings is 1. The van der Waals surface area contributed by atoms with Gasteiger partial charge in [-0.15, -0.1) is 11.3 Å². The molecule has 2 nitrogen and oxygen atoms in total. The molecule has 3 rings (SSSR count). The highest BCUT2D eigenvalue weighted by Crippen LogP contribution is 2.30. The van der Waals surface area contributed by atoms with E-state index >= 15 is 0 Å². The molecule has 1 aliphatic carbocycles. The van der Waals surface area contributed by atoms with E-state index in [0.29, 0.717) is 5.56 Å². The van der Waals surface area contributed by atoms with Gasteiger partial charge in [-0.2, -0.15) is 0 Å². The zero-order valence-corrected chi connectivity index (χ0v) is 11.8. The van der Waals surface area contributed by atoms with Crippen molar-refractivity contribution in [3.63, 3.8) is 0 Å². The Hall–Kier alpha value is -1.26. The van der Waals surface area contributed by atoms with Gasteiger partial charge in [0.25, 0.3) is 0 Å². The second kappa shape index (κ2) is 5.39. The zero-order chi connectivity index (χ0) is 13.2. The molecule has 19 heavy (non-hydrogen) atoms. The maximum Gasteiger partial charge on any atom is 0.132 e. The minimum absolute atomic E-state index is 0.201. The van der Waals surface area contributed by atoms with Crippen LogP contribution in [0.15, 0.2) is 24.3 Å². The molecular weight excluding hydrogens is 259 g/mol. The SMILES string of the molecule is Cc1sc(CNCC2CC2)nc1-c1ccccc1F. The molecule has 1 aliphatic rings. The van der Waals surface area contributed by atoms with Crippen molar-refractivity contribution in [3.8, 4) is 11.3 Å². The van der Waals surface area contributed by atoms with E-state index in [1.54, 1.807) is 23.5 Å². The van der Waals surface area contributed by atoms with Crippen LogP contribution in [0, 0.1) is 18.7 Å². The lowest BCUT2D eigenvalue weighted by Gasteiger charge is -2.00. The highest BCUT2D eigenvalue weighted by molar-refractivity contribution is 7.12. The third-order valence-corrected chi connectivity index (χ3v) is 4.35. The lowest BCUT2D eigenvalue weighted by molar-refractivity contribution is 0.629. The lowest BCUT2D eigenvalue weighted by Crippen LogP contribution is -2.15. The monoisotopic (exact) mass is 276 g/mol. The summed E-state index contributed by atoms with van der Waals surface area (Å²) in [5.41, 5.74) is 1.39. The molecule has 0 radical (unpaired) electrons. The summed E-state index contributed by atoms with van der Waals surface area (Å²) in [7, 11) is 0. The molecule has 1 heterocycles. The van der Waals surface area contributed by atoms with Crippen molar-refractivity contribution < 1.29 is 4.39 Å². The van der Waals surface area contributed by atoms with Crippen LogP contribution < -0.4 is 5.32 Å². The molecule has 0 aliphatic heterocycles. The first-order chi connectivity index (χ1) is 9.24. The molecule has 1 N–H and O–H groups in total. The Bertz CT molecular complexity index is 575. The van der Waals surface area contributed by atoms with Gasteiger partial charge in [0.15, 0.2) is 0 Å². The fourth-order valence-corrected chi connectivity index (χ4v) is 3.05. The van der Waals surface area contributed by atoms with Crippen LogP contribution in [0.1, 0.15) is 22.7 Å². The minimum atomic E-state index is -0.201. The van der Waals surface area contributed by atoms with Gasteiger partial charge in [0.2, 0.25) is 0 Å². The average molecular weight is 276 g/mol. The molecule has 1 aromatic heterocycles. The maximum atomic E-state index is 13.8. The van der Waals surface area contributed by atoms with Gasteiger partial charge < -0.3 is 5.32 Å². The quantitative estimate of drug-likeness (QED) is 0.899. The Morgan fingerprint density at radius 1 is 1.37 bits per heavy atom. The van der Waals surface area contributed by atoms with Crippen molar-refractivity contribution in [1.82, 2.24) is 10.3 Å².